The summed E-state index contributed by atoms with van der Waals surface area (Å²) in [6, 6.07) is 7.17. The van der Waals surface area contributed by atoms with Crippen LogP contribution in [-0.2, 0) is 17.8 Å². The number of nitrogens with zero attached hydrogens (tertiary/aromatic N) is 3. The number of benzene rings is 1. The molecular formula is C19H25N3O3. The van der Waals surface area contributed by atoms with E-state index in [1.165, 1.54) is 0 Å². The maximum atomic E-state index is 11.0. The van der Waals surface area contributed by atoms with Gasteiger partial charge in [-0.05, 0) is 37.1 Å². The Kier molecular flexibility index (Phi) is 5.83. The number of hydrogen-bond donors (Lipinski definition) is 1. The number of aromatic carboxylic acids is 1. The van der Waals surface area contributed by atoms with E-state index >= 15 is 0 Å². The molecule has 1 aliphatic heterocycles. The zero-order valence-electron chi connectivity index (χ0n) is 14.6. The van der Waals surface area contributed by atoms with Gasteiger partial charge in [0.15, 0.2) is 0 Å². The van der Waals surface area contributed by atoms with Gasteiger partial charge < -0.3 is 14.4 Å². The van der Waals surface area contributed by atoms with E-state index in [-0.39, 0.29) is 0 Å². The van der Waals surface area contributed by atoms with E-state index in [0.717, 1.165) is 50.4 Å². The van der Waals surface area contributed by atoms with Crippen molar-refractivity contribution in [1.82, 2.24) is 14.5 Å². The average Bonchev–Trinajstić information content (AvgIpc) is 3.09. The minimum Gasteiger partial charge on any atom is -0.478 e. The van der Waals surface area contributed by atoms with Gasteiger partial charge in [-0.1, -0.05) is 12.1 Å². The Bertz CT molecular complexity index is 696. The third kappa shape index (κ3) is 4.46. The van der Waals surface area contributed by atoms with Crippen LogP contribution in [0, 0.1) is 0 Å². The molecule has 0 amide bonds. The van der Waals surface area contributed by atoms with E-state index in [9.17, 15) is 4.79 Å². The highest BCUT2D eigenvalue weighted by Crippen LogP contribution is 2.27. The first kappa shape index (κ1) is 17.6. The molecule has 1 aliphatic rings. The van der Waals surface area contributed by atoms with Crippen molar-refractivity contribution in [3.8, 4) is 0 Å². The highest BCUT2D eigenvalue weighted by atomic mass is 16.5. The van der Waals surface area contributed by atoms with Crippen LogP contribution < -0.4 is 0 Å². The van der Waals surface area contributed by atoms with Crippen LogP contribution in [-0.4, -0.2) is 52.3 Å². The molecule has 0 saturated carbocycles. The van der Waals surface area contributed by atoms with Crippen LogP contribution in [0.2, 0.25) is 0 Å². The second kappa shape index (κ2) is 8.27. The monoisotopic (exact) mass is 343 g/mol. The molecule has 0 bridgehead atoms. The lowest BCUT2D eigenvalue weighted by atomic mass is 9.96. The van der Waals surface area contributed by atoms with Crippen LogP contribution in [0.3, 0.4) is 0 Å². The number of ether oxygens (including phenoxy) is 1. The normalized spacial score (nSPS) is 18.4. The topological polar surface area (TPSA) is 67.6 Å². The van der Waals surface area contributed by atoms with Crippen LogP contribution in [0.25, 0.3) is 0 Å². The average molecular weight is 343 g/mol. The van der Waals surface area contributed by atoms with Gasteiger partial charge in [-0.3, -0.25) is 4.90 Å². The minimum absolute atomic E-state index is 0.334. The molecular weight excluding hydrogens is 318 g/mol. The molecule has 1 N–H and O–H groups in total. The molecule has 0 unspecified atom stereocenters. The van der Waals surface area contributed by atoms with Crippen molar-refractivity contribution < 1.29 is 14.6 Å². The van der Waals surface area contributed by atoms with E-state index in [2.05, 4.69) is 14.5 Å². The number of carboxylic acids is 1. The molecule has 2 aromatic rings. The SMILES string of the molecule is COCCn1ccnc1[C@H]1CCCN(Cc2ccc(C(=O)O)cc2)C1. The highest BCUT2D eigenvalue weighted by Gasteiger charge is 2.24. The van der Waals surface area contributed by atoms with Crippen molar-refractivity contribution in [2.75, 3.05) is 26.8 Å². The van der Waals surface area contributed by atoms with Crippen LogP contribution >= 0.6 is 0 Å². The lowest BCUT2D eigenvalue weighted by Gasteiger charge is -2.32. The van der Waals surface area contributed by atoms with Crippen molar-refractivity contribution in [3.05, 3.63) is 53.6 Å². The van der Waals surface area contributed by atoms with Gasteiger partial charge in [0, 0.05) is 45.1 Å². The second-order valence-electron chi connectivity index (χ2n) is 6.55. The van der Waals surface area contributed by atoms with Crippen LogP contribution in [0.1, 0.15) is 40.5 Å². The van der Waals surface area contributed by atoms with Crippen molar-refractivity contribution in [2.24, 2.45) is 0 Å². The molecule has 134 valence electrons. The summed E-state index contributed by atoms with van der Waals surface area (Å²) in [7, 11) is 1.72. The van der Waals surface area contributed by atoms with Gasteiger partial charge in [0.25, 0.3) is 0 Å². The summed E-state index contributed by atoms with van der Waals surface area (Å²) in [4.78, 5) is 18.0. The van der Waals surface area contributed by atoms with Gasteiger partial charge in [-0.2, -0.15) is 0 Å². The van der Waals surface area contributed by atoms with E-state index in [0.29, 0.717) is 18.1 Å². The minimum atomic E-state index is -0.882. The first-order valence-electron chi connectivity index (χ1n) is 8.72. The molecule has 0 spiro atoms. The van der Waals surface area contributed by atoms with Crippen molar-refractivity contribution in [3.63, 3.8) is 0 Å². The molecule has 1 atom stereocenters. The lowest BCUT2D eigenvalue weighted by molar-refractivity contribution is 0.0697. The number of rotatable bonds is 7. The number of hydrogen-bond acceptors (Lipinski definition) is 4. The first-order valence-corrected chi connectivity index (χ1v) is 8.72. The van der Waals surface area contributed by atoms with E-state index < -0.39 is 5.97 Å². The zero-order valence-corrected chi connectivity index (χ0v) is 14.6. The first-order chi connectivity index (χ1) is 12.2. The summed E-state index contributed by atoms with van der Waals surface area (Å²) in [6.45, 7) is 4.41. The van der Waals surface area contributed by atoms with Gasteiger partial charge in [0.2, 0.25) is 0 Å². The summed E-state index contributed by atoms with van der Waals surface area (Å²) in [6.07, 6.45) is 6.19. The molecule has 2 heterocycles. The van der Waals surface area contributed by atoms with Crippen LogP contribution in [0.15, 0.2) is 36.7 Å². The summed E-state index contributed by atoms with van der Waals surface area (Å²) in [5.74, 6) is 0.689. The Morgan fingerprint density at radius 3 is 2.88 bits per heavy atom. The van der Waals surface area contributed by atoms with E-state index in [1.54, 1.807) is 19.2 Å². The van der Waals surface area contributed by atoms with Crippen molar-refractivity contribution >= 4 is 5.97 Å². The quantitative estimate of drug-likeness (QED) is 0.837. The predicted octanol–water partition coefficient (Wildman–Crippen LogP) is 2.61. The number of carboxylic acid groups (broad SMARTS) is 1. The number of aromatic nitrogens is 2. The van der Waals surface area contributed by atoms with Gasteiger partial charge in [-0.25, -0.2) is 9.78 Å². The third-order valence-corrected chi connectivity index (χ3v) is 4.76. The van der Waals surface area contributed by atoms with Gasteiger partial charge >= 0.3 is 5.97 Å². The fraction of sp³-hybridized carbons (Fsp3) is 0.474. The molecule has 6 nitrogen and oxygen atoms in total. The molecule has 1 saturated heterocycles. The fourth-order valence-electron chi connectivity index (χ4n) is 3.48. The Hall–Kier alpha value is -2.18. The molecule has 0 aliphatic carbocycles. The molecule has 1 fully saturated rings. The maximum Gasteiger partial charge on any atom is 0.335 e. The molecule has 1 aromatic heterocycles. The fourth-order valence-corrected chi connectivity index (χ4v) is 3.48. The lowest BCUT2D eigenvalue weighted by Crippen LogP contribution is -2.35. The zero-order chi connectivity index (χ0) is 17.6. The number of likely N-dealkylation sites (tertiary alicyclic amines) is 1. The van der Waals surface area contributed by atoms with Crippen molar-refractivity contribution in [2.45, 2.75) is 31.8 Å². The standard InChI is InChI=1S/C19H25N3O3/c1-25-12-11-22-10-8-20-18(22)17-3-2-9-21(14-17)13-15-4-6-16(7-5-15)19(23)24/h4-8,10,17H,2-3,9,11-14H2,1H3,(H,23,24)/t17-/m0/s1. The molecule has 1 aromatic carbocycles. The summed E-state index contributed by atoms with van der Waals surface area (Å²) >= 11 is 0. The van der Waals surface area contributed by atoms with E-state index in [4.69, 9.17) is 9.84 Å². The van der Waals surface area contributed by atoms with Crippen molar-refractivity contribution in [1.29, 1.82) is 0 Å². The van der Waals surface area contributed by atoms with E-state index in [1.807, 2.05) is 24.5 Å². The molecule has 6 heteroatoms. The number of carbonyl (C=O) groups is 1. The predicted molar refractivity (Wildman–Crippen MR) is 94.8 cm³/mol. The van der Waals surface area contributed by atoms with Gasteiger partial charge in [-0.15, -0.1) is 0 Å². The summed E-state index contributed by atoms with van der Waals surface area (Å²) < 4.78 is 7.38. The number of methoxy groups -OCH3 is 1. The number of imidazole rings is 1. The van der Waals surface area contributed by atoms with Crippen LogP contribution in [0.4, 0.5) is 0 Å². The highest BCUT2D eigenvalue weighted by molar-refractivity contribution is 5.87. The molecule has 25 heavy (non-hydrogen) atoms. The summed E-state index contributed by atoms with van der Waals surface area (Å²) in [5.41, 5.74) is 1.48. The number of piperidine rings is 1. The maximum absolute atomic E-state index is 11.0. The third-order valence-electron chi connectivity index (χ3n) is 4.76. The molecule has 0 radical (unpaired) electrons. The summed E-state index contributed by atoms with van der Waals surface area (Å²) in [5, 5.41) is 9.00. The Morgan fingerprint density at radius 2 is 2.16 bits per heavy atom. The smallest absolute Gasteiger partial charge is 0.335 e. The van der Waals surface area contributed by atoms with Gasteiger partial charge in [0.05, 0.1) is 12.2 Å². The second-order valence-corrected chi connectivity index (χ2v) is 6.55. The molecule has 3 rings (SSSR count). The Balaban J connectivity index is 1.63. The Morgan fingerprint density at radius 1 is 1.36 bits per heavy atom. The van der Waals surface area contributed by atoms with Gasteiger partial charge in [0.1, 0.15) is 5.82 Å². The Labute approximate surface area is 148 Å². The largest absolute Gasteiger partial charge is 0.478 e. The van der Waals surface area contributed by atoms with Crippen LogP contribution in [0.5, 0.6) is 0 Å².